The van der Waals surface area contributed by atoms with Gasteiger partial charge in [-0.3, -0.25) is 4.79 Å². The zero-order valence-corrected chi connectivity index (χ0v) is 11.7. The quantitative estimate of drug-likeness (QED) is 0.821. The van der Waals surface area contributed by atoms with Gasteiger partial charge < -0.3 is 10.6 Å². The number of rotatable bonds is 4. The molecule has 0 aromatic heterocycles. The lowest BCUT2D eigenvalue weighted by atomic mass is 9.95. The molecule has 1 amide bonds. The summed E-state index contributed by atoms with van der Waals surface area (Å²) < 4.78 is 0. The van der Waals surface area contributed by atoms with Gasteiger partial charge in [0.2, 0.25) is 5.91 Å². The van der Waals surface area contributed by atoms with Gasteiger partial charge in [0.05, 0.1) is 5.54 Å². The van der Waals surface area contributed by atoms with E-state index in [2.05, 4.69) is 13.8 Å². The Morgan fingerprint density at radius 1 is 1.35 bits per heavy atom. The molecule has 0 spiro atoms. The molecule has 2 N–H and O–H groups in total. The molecule has 0 aliphatic carbocycles. The van der Waals surface area contributed by atoms with Crippen LogP contribution >= 0.6 is 0 Å². The zero-order chi connectivity index (χ0) is 12.9. The second-order valence-corrected chi connectivity index (χ2v) is 5.66. The van der Waals surface area contributed by atoms with Crippen molar-refractivity contribution in [3.63, 3.8) is 0 Å². The number of nitrogens with two attached hydrogens (primary N) is 1. The van der Waals surface area contributed by atoms with Gasteiger partial charge in [-0.1, -0.05) is 26.7 Å². The van der Waals surface area contributed by atoms with E-state index in [9.17, 15) is 4.79 Å². The van der Waals surface area contributed by atoms with Crippen molar-refractivity contribution in [3.8, 4) is 0 Å². The van der Waals surface area contributed by atoms with E-state index in [-0.39, 0.29) is 5.91 Å². The molecule has 1 fully saturated rings. The van der Waals surface area contributed by atoms with E-state index in [0.29, 0.717) is 0 Å². The Balaban J connectivity index is 2.57. The van der Waals surface area contributed by atoms with Gasteiger partial charge in [0, 0.05) is 13.1 Å². The van der Waals surface area contributed by atoms with Gasteiger partial charge >= 0.3 is 0 Å². The van der Waals surface area contributed by atoms with E-state index in [4.69, 9.17) is 5.73 Å². The third-order valence-corrected chi connectivity index (χ3v) is 3.97. The minimum Gasteiger partial charge on any atom is -0.341 e. The SMILES string of the molecule is CCCC(C)(N)C(=O)N1CCCC(CC)CC1. The first-order chi connectivity index (χ1) is 8.01. The summed E-state index contributed by atoms with van der Waals surface area (Å²) in [6, 6.07) is 0. The van der Waals surface area contributed by atoms with Crippen LogP contribution in [0.25, 0.3) is 0 Å². The molecular formula is C14H28N2O. The summed E-state index contributed by atoms with van der Waals surface area (Å²) in [5.74, 6) is 0.944. The van der Waals surface area contributed by atoms with Crippen LogP contribution in [0.2, 0.25) is 0 Å². The Labute approximate surface area is 106 Å². The molecule has 2 atom stereocenters. The molecule has 0 aromatic carbocycles. The summed E-state index contributed by atoms with van der Waals surface area (Å²) in [5.41, 5.74) is 5.46. The topological polar surface area (TPSA) is 46.3 Å². The molecule has 0 radical (unpaired) electrons. The zero-order valence-electron chi connectivity index (χ0n) is 11.7. The van der Waals surface area contributed by atoms with Crippen molar-refractivity contribution in [1.82, 2.24) is 4.90 Å². The van der Waals surface area contributed by atoms with Crippen LogP contribution in [-0.4, -0.2) is 29.4 Å². The van der Waals surface area contributed by atoms with E-state index in [0.717, 1.165) is 44.7 Å². The van der Waals surface area contributed by atoms with Gasteiger partial charge in [-0.2, -0.15) is 0 Å². The Kier molecular flexibility index (Phi) is 5.44. The van der Waals surface area contributed by atoms with Gasteiger partial charge in [0.15, 0.2) is 0 Å². The number of carbonyl (C=O) groups is 1. The summed E-state index contributed by atoms with van der Waals surface area (Å²) in [6.45, 7) is 7.99. The molecule has 0 bridgehead atoms. The molecule has 2 unspecified atom stereocenters. The van der Waals surface area contributed by atoms with Crippen LogP contribution in [0.3, 0.4) is 0 Å². The van der Waals surface area contributed by atoms with Crippen molar-refractivity contribution >= 4 is 5.91 Å². The lowest BCUT2D eigenvalue weighted by Gasteiger charge is -2.31. The highest BCUT2D eigenvalue weighted by Gasteiger charge is 2.32. The van der Waals surface area contributed by atoms with E-state index >= 15 is 0 Å². The lowest BCUT2D eigenvalue weighted by molar-refractivity contribution is -0.136. The average molecular weight is 240 g/mol. The number of nitrogens with zero attached hydrogens (tertiary/aromatic N) is 1. The van der Waals surface area contributed by atoms with Crippen LogP contribution in [0.1, 0.15) is 59.3 Å². The molecular weight excluding hydrogens is 212 g/mol. The van der Waals surface area contributed by atoms with E-state index in [1.165, 1.54) is 12.8 Å². The average Bonchev–Trinajstić information content (AvgIpc) is 2.52. The number of hydrogen-bond acceptors (Lipinski definition) is 2. The van der Waals surface area contributed by atoms with Gasteiger partial charge in [-0.25, -0.2) is 0 Å². The van der Waals surface area contributed by atoms with E-state index in [1.807, 2.05) is 11.8 Å². The van der Waals surface area contributed by atoms with Crippen molar-refractivity contribution in [1.29, 1.82) is 0 Å². The van der Waals surface area contributed by atoms with Crippen LogP contribution in [0, 0.1) is 5.92 Å². The maximum atomic E-state index is 12.4. The first-order valence-corrected chi connectivity index (χ1v) is 7.09. The maximum Gasteiger partial charge on any atom is 0.242 e. The lowest BCUT2D eigenvalue weighted by Crippen LogP contribution is -2.53. The third kappa shape index (κ3) is 3.98. The predicted octanol–water partition coefficient (Wildman–Crippen LogP) is 2.54. The fraction of sp³-hybridized carbons (Fsp3) is 0.929. The van der Waals surface area contributed by atoms with Crippen LogP contribution in [0.15, 0.2) is 0 Å². The first kappa shape index (κ1) is 14.5. The van der Waals surface area contributed by atoms with E-state index < -0.39 is 5.54 Å². The van der Waals surface area contributed by atoms with Crippen molar-refractivity contribution in [3.05, 3.63) is 0 Å². The fourth-order valence-corrected chi connectivity index (χ4v) is 2.76. The first-order valence-electron chi connectivity index (χ1n) is 7.09. The highest BCUT2D eigenvalue weighted by atomic mass is 16.2. The Morgan fingerprint density at radius 3 is 2.65 bits per heavy atom. The van der Waals surface area contributed by atoms with Gasteiger partial charge in [0.25, 0.3) is 0 Å². The minimum absolute atomic E-state index is 0.149. The highest BCUT2D eigenvalue weighted by molar-refractivity contribution is 5.85. The van der Waals surface area contributed by atoms with Crippen molar-refractivity contribution < 1.29 is 4.79 Å². The van der Waals surface area contributed by atoms with Crippen LogP contribution in [0.4, 0.5) is 0 Å². The van der Waals surface area contributed by atoms with Crippen molar-refractivity contribution in [2.45, 2.75) is 64.8 Å². The monoisotopic (exact) mass is 240 g/mol. The molecule has 1 rings (SSSR count). The number of likely N-dealkylation sites (tertiary alicyclic amines) is 1. The smallest absolute Gasteiger partial charge is 0.242 e. The molecule has 3 heteroatoms. The van der Waals surface area contributed by atoms with Crippen molar-refractivity contribution in [2.24, 2.45) is 11.7 Å². The standard InChI is InChI=1S/C14H28N2O/c1-4-9-14(3,15)13(17)16-10-6-7-12(5-2)8-11-16/h12H,4-11,15H2,1-3H3. The fourth-order valence-electron chi connectivity index (χ4n) is 2.76. The Hall–Kier alpha value is -0.570. The molecule has 0 saturated carbocycles. The maximum absolute atomic E-state index is 12.4. The van der Waals surface area contributed by atoms with Gasteiger partial charge in [-0.05, 0) is 38.5 Å². The molecule has 1 saturated heterocycles. The van der Waals surface area contributed by atoms with Crippen LogP contribution in [-0.2, 0) is 4.79 Å². The summed E-state index contributed by atoms with van der Waals surface area (Å²) in [4.78, 5) is 14.3. The predicted molar refractivity (Wildman–Crippen MR) is 71.7 cm³/mol. The third-order valence-electron chi connectivity index (χ3n) is 3.97. The summed E-state index contributed by atoms with van der Waals surface area (Å²) >= 11 is 0. The highest BCUT2D eigenvalue weighted by Crippen LogP contribution is 2.22. The summed E-state index contributed by atoms with van der Waals surface area (Å²) in [5, 5.41) is 0. The second kappa shape index (κ2) is 6.39. The molecule has 17 heavy (non-hydrogen) atoms. The molecule has 1 aliphatic rings. The number of amides is 1. The van der Waals surface area contributed by atoms with Gasteiger partial charge in [-0.15, -0.1) is 0 Å². The van der Waals surface area contributed by atoms with Crippen molar-refractivity contribution in [2.75, 3.05) is 13.1 Å². The molecule has 3 nitrogen and oxygen atoms in total. The summed E-state index contributed by atoms with van der Waals surface area (Å²) in [7, 11) is 0. The minimum atomic E-state index is -0.666. The molecule has 0 aromatic rings. The largest absolute Gasteiger partial charge is 0.341 e. The molecule has 1 heterocycles. The van der Waals surface area contributed by atoms with Crippen LogP contribution < -0.4 is 5.73 Å². The number of carbonyl (C=O) groups excluding carboxylic acids is 1. The molecule has 1 aliphatic heterocycles. The normalized spacial score (nSPS) is 25.2. The second-order valence-electron chi connectivity index (χ2n) is 5.66. The number of hydrogen-bond donors (Lipinski definition) is 1. The Bertz CT molecular complexity index is 251. The van der Waals surface area contributed by atoms with Gasteiger partial charge in [0.1, 0.15) is 0 Å². The molecule has 100 valence electrons. The van der Waals surface area contributed by atoms with Crippen LogP contribution in [0.5, 0.6) is 0 Å². The Morgan fingerprint density at radius 2 is 2.06 bits per heavy atom. The van der Waals surface area contributed by atoms with E-state index in [1.54, 1.807) is 0 Å². The summed E-state index contributed by atoms with van der Waals surface area (Å²) in [6.07, 6.45) is 6.51.